The Bertz CT molecular complexity index is 553. The van der Waals surface area contributed by atoms with E-state index in [1.165, 1.54) is 6.92 Å². The molecule has 2 aromatic carbocycles. The molecular formula is C17H18O6. The number of hydrogen-bond acceptors (Lipinski definition) is 5. The first-order chi connectivity index (χ1) is 11.1. The summed E-state index contributed by atoms with van der Waals surface area (Å²) >= 11 is 0. The number of rotatable bonds is 9. The molecule has 0 bridgehead atoms. The third kappa shape index (κ3) is 5.28. The average molecular weight is 318 g/mol. The van der Waals surface area contributed by atoms with Gasteiger partial charge in [-0.2, -0.15) is 9.78 Å². The third-order valence-corrected chi connectivity index (χ3v) is 3.07. The molecule has 0 radical (unpaired) electrons. The van der Waals surface area contributed by atoms with Crippen molar-refractivity contribution in [3.05, 3.63) is 60.7 Å². The van der Waals surface area contributed by atoms with Crippen LogP contribution in [0.15, 0.2) is 60.7 Å². The van der Waals surface area contributed by atoms with Crippen molar-refractivity contribution < 1.29 is 29.5 Å². The Kier molecular flexibility index (Phi) is 5.96. The van der Waals surface area contributed by atoms with Crippen LogP contribution in [0.2, 0.25) is 0 Å². The van der Waals surface area contributed by atoms with Gasteiger partial charge in [0.15, 0.2) is 11.5 Å². The van der Waals surface area contributed by atoms with Crippen molar-refractivity contribution in [2.75, 3.05) is 13.2 Å². The van der Waals surface area contributed by atoms with Gasteiger partial charge < -0.3 is 14.9 Å². The van der Waals surface area contributed by atoms with Crippen LogP contribution in [0.5, 0.6) is 11.5 Å². The second-order valence-corrected chi connectivity index (χ2v) is 5.18. The number of carboxylic acid groups (broad SMARTS) is 1. The number of carbonyl (C=O) groups is 1. The summed E-state index contributed by atoms with van der Waals surface area (Å²) in [4.78, 5) is 31.6. The second kappa shape index (κ2) is 8.17. The molecule has 0 aromatic heterocycles. The zero-order valence-electron chi connectivity index (χ0n) is 12.7. The van der Waals surface area contributed by atoms with Crippen LogP contribution < -0.4 is 9.78 Å². The molecule has 0 aliphatic rings. The van der Waals surface area contributed by atoms with Gasteiger partial charge in [0.05, 0.1) is 0 Å². The maximum absolute atomic E-state index is 11.4. The molecule has 6 heteroatoms. The number of hydrogen-bond donors (Lipinski definition) is 1. The Morgan fingerprint density at radius 3 is 1.61 bits per heavy atom. The Morgan fingerprint density at radius 1 is 0.870 bits per heavy atom. The summed E-state index contributed by atoms with van der Waals surface area (Å²) < 4.78 is 0. The first kappa shape index (κ1) is 16.8. The Morgan fingerprint density at radius 2 is 1.26 bits per heavy atom. The van der Waals surface area contributed by atoms with Crippen molar-refractivity contribution in [2.24, 2.45) is 5.41 Å². The van der Waals surface area contributed by atoms with Crippen LogP contribution in [-0.4, -0.2) is 24.3 Å². The van der Waals surface area contributed by atoms with Gasteiger partial charge >= 0.3 is 5.97 Å². The molecule has 0 fully saturated rings. The molecule has 0 aliphatic carbocycles. The highest BCUT2D eigenvalue weighted by atomic mass is 17.2. The predicted molar refractivity (Wildman–Crippen MR) is 81.8 cm³/mol. The lowest BCUT2D eigenvalue weighted by molar-refractivity contribution is -0.265. The zero-order valence-corrected chi connectivity index (χ0v) is 12.7. The van der Waals surface area contributed by atoms with Gasteiger partial charge in [-0.25, -0.2) is 0 Å². The van der Waals surface area contributed by atoms with Crippen LogP contribution >= 0.6 is 0 Å². The molecule has 0 aliphatic heterocycles. The van der Waals surface area contributed by atoms with Crippen molar-refractivity contribution in [3.63, 3.8) is 0 Å². The van der Waals surface area contributed by atoms with Crippen molar-refractivity contribution in [1.82, 2.24) is 0 Å². The fraction of sp³-hybridized carbons (Fsp3) is 0.235. The van der Waals surface area contributed by atoms with Crippen LogP contribution in [0.1, 0.15) is 6.92 Å². The molecule has 0 saturated heterocycles. The molecule has 6 nitrogen and oxygen atoms in total. The van der Waals surface area contributed by atoms with Gasteiger partial charge in [0.2, 0.25) is 0 Å². The first-order valence-corrected chi connectivity index (χ1v) is 7.03. The van der Waals surface area contributed by atoms with Gasteiger partial charge in [0.1, 0.15) is 18.6 Å². The molecule has 0 heterocycles. The lowest BCUT2D eigenvalue weighted by Gasteiger charge is -2.22. The van der Waals surface area contributed by atoms with E-state index in [1.54, 1.807) is 48.5 Å². The summed E-state index contributed by atoms with van der Waals surface area (Å²) in [6, 6.07) is 17.6. The summed E-state index contributed by atoms with van der Waals surface area (Å²) in [6.45, 7) is 1.09. The highest BCUT2D eigenvalue weighted by molar-refractivity contribution is 5.74. The van der Waals surface area contributed by atoms with Crippen molar-refractivity contribution in [3.8, 4) is 11.5 Å². The molecule has 122 valence electrons. The van der Waals surface area contributed by atoms with E-state index in [1.807, 2.05) is 12.1 Å². The Labute approximate surface area is 134 Å². The number of aliphatic carboxylic acids is 1. The highest BCUT2D eigenvalue weighted by Crippen LogP contribution is 2.20. The topological polar surface area (TPSA) is 74.2 Å². The van der Waals surface area contributed by atoms with Crippen LogP contribution in [0.3, 0.4) is 0 Å². The lowest BCUT2D eigenvalue weighted by Crippen LogP contribution is -2.38. The monoisotopic (exact) mass is 318 g/mol. The standard InChI is InChI=1S/C17H18O6/c1-17(16(18)19,12-20-22-14-8-4-2-5-9-14)13-21-23-15-10-6-3-7-11-15/h2-11H,12-13H2,1H3,(H,18,19). The van der Waals surface area contributed by atoms with E-state index < -0.39 is 11.4 Å². The van der Waals surface area contributed by atoms with E-state index in [9.17, 15) is 9.90 Å². The van der Waals surface area contributed by atoms with Gasteiger partial charge in [-0.3, -0.25) is 4.79 Å². The van der Waals surface area contributed by atoms with Crippen molar-refractivity contribution >= 4 is 5.97 Å². The van der Waals surface area contributed by atoms with E-state index in [0.29, 0.717) is 11.5 Å². The van der Waals surface area contributed by atoms with Crippen LogP contribution in [0, 0.1) is 5.41 Å². The van der Waals surface area contributed by atoms with E-state index in [4.69, 9.17) is 19.6 Å². The summed E-state index contributed by atoms with van der Waals surface area (Å²) in [5.41, 5.74) is -1.32. The van der Waals surface area contributed by atoms with Gasteiger partial charge in [0.25, 0.3) is 0 Å². The van der Waals surface area contributed by atoms with Crippen LogP contribution in [0.25, 0.3) is 0 Å². The minimum absolute atomic E-state index is 0.199. The largest absolute Gasteiger partial charge is 0.481 e. The molecule has 0 atom stereocenters. The quantitative estimate of drug-likeness (QED) is 0.566. The van der Waals surface area contributed by atoms with Crippen molar-refractivity contribution in [1.29, 1.82) is 0 Å². The maximum atomic E-state index is 11.4. The summed E-state index contributed by atoms with van der Waals surface area (Å²) in [7, 11) is 0. The van der Waals surface area contributed by atoms with Gasteiger partial charge in [-0.15, -0.1) is 0 Å². The van der Waals surface area contributed by atoms with Gasteiger partial charge in [-0.1, -0.05) is 36.4 Å². The van der Waals surface area contributed by atoms with Gasteiger partial charge in [-0.05, 0) is 31.2 Å². The smallest absolute Gasteiger partial charge is 0.314 e. The Hall–Kier alpha value is -2.57. The Balaban J connectivity index is 1.82. The fourth-order valence-corrected chi connectivity index (χ4v) is 1.57. The molecular weight excluding hydrogens is 300 g/mol. The number of para-hydroxylation sites is 2. The number of carboxylic acids is 1. The lowest BCUT2D eigenvalue weighted by atomic mass is 9.94. The second-order valence-electron chi connectivity index (χ2n) is 5.18. The molecule has 2 rings (SSSR count). The predicted octanol–water partition coefficient (Wildman–Crippen LogP) is 3.10. The molecule has 0 spiro atoms. The third-order valence-electron chi connectivity index (χ3n) is 3.07. The fourth-order valence-electron chi connectivity index (χ4n) is 1.57. The molecule has 0 amide bonds. The molecule has 0 unspecified atom stereocenters. The van der Waals surface area contributed by atoms with E-state index in [0.717, 1.165) is 0 Å². The summed E-state index contributed by atoms with van der Waals surface area (Å²) in [5, 5.41) is 9.36. The van der Waals surface area contributed by atoms with E-state index in [2.05, 4.69) is 0 Å². The molecule has 2 aromatic rings. The minimum Gasteiger partial charge on any atom is -0.481 e. The van der Waals surface area contributed by atoms with Crippen LogP contribution in [0.4, 0.5) is 0 Å². The maximum Gasteiger partial charge on any atom is 0.314 e. The van der Waals surface area contributed by atoms with Crippen molar-refractivity contribution in [2.45, 2.75) is 6.92 Å². The van der Waals surface area contributed by atoms with Crippen LogP contribution in [-0.2, 0) is 14.6 Å². The normalized spacial score (nSPS) is 11.0. The van der Waals surface area contributed by atoms with E-state index in [-0.39, 0.29) is 13.2 Å². The minimum atomic E-state index is -1.32. The highest BCUT2D eigenvalue weighted by Gasteiger charge is 2.36. The summed E-state index contributed by atoms with van der Waals surface area (Å²) in [5.74, 6) is -0.103. The van der Waals surface area contributed by atoms with E-state index >= 15 is 0 Å². The molecule has 23 heavy (non-hydrogen) atoms. The molecule has 0 saturated carbocycles. The first-order valence-electron chi connectivity index (χ1n) is 7.03. The number of benzene rings is 2. The zero-order chi connectivity index (χ0) is 16.5. The average Bonchev–Trinajstić information content (AvgIpc) is 2.57. The SMILES string of the molecule is CC(COOc1ccccc1)(COOc1ccccc1)C(=O)O. The molecule has 1 N–H and O–H groups in total. The van der Waals surface area contributed by atoms with Gasteiger partial charge in [0, 0.05) is 0 Å². The summed E-state index contributed by atoms with van der Waals surface area (Å²) in [6.07, 6.45) is 0.